The second kappa shape index (κ2) is 7.97. The van der Waals surface area contributed by atoms with Gasteiger partial charge in [-0.3, -0.25) is 10.1 Å². The first-order chi connectivity index (χ1) is 15.5. The van der Waals surface area contributed by atoms with E-state index in [-0.39, 0.29) is 17.8 Å². The van der Waals surface area contributed by atoms with Crippen molar-refractivity contribution in [2.75, 3.05) is 12.1 Å². The maximum absolute atomic E-state index is 12.5. The summed E-state index contributed by atoms with van der Waals surface area (Å²) in [5.74, 6) is 1.36. The Balaban J connectivity index is 1.30. The van der Waals surface area contributed by atoms with Crippen molar-refractivity contribution in [1.29, 1.82) is 0 Å². The third-order valence-corrected chi connectivity index (χ3v) is 5.47. The van der Waals surface area contributed by atoms with Crippen LogP contribution in [0.25, 0.3) is 22.6 Å². The van der Waals surface area contributed by atoms with Crippen LogP contribution in [0.3, 0.4) is 0 Å². The van der Waals surface area contributed by atoms with Gasteiger partial charge in [0.25, 0.3) is 5.91 Å². The molecule has 160 valence electrons. The molecule has 0 bridgehead atoms. The van der Waals surface area contributed by atoms with Crippen molar-refractivity contribution in [3.63, 3.8) is 0 Å². The lowest BCUT2D eigenvalue weighted by molar-refractivity contribution is 0.0977. The molecule has 5 rings (SSSR count). The van der Waals surface area contributed by atoms with E-state index < -0.39 is 0 Å². The summed E-state index contributed by atoms with van der Waals surface area (Å²) in [6.45, 7) is 4.27. The van der Waals surface area contributed by atoms with Gasteiger partial charge in [0.1, 0.15) is 5.52 Å². The molecular weight excluding hydrogens is 426 g/mol. The van der Waals surface area contributed by atoms with E-state index in [4.69, 9.17) is 26.1 Å². The number of fused-ring (bicyclic) bond motifs is 2. The number of carbonyl (C=O) groups is 1. The number of aromatic nitrogens is 1. The fourth-order valence-electron chi connectivity index (χ4n) is 3.38. The lowest BCUT2D eigenvalue weighted by Crippen LogP contribution is -2.34. The number of hydrogen-bond donors (Lipinski definition) is 2. The third kappa shape index (κ3) is 3.88. The number of thiocarbonyl (C=S) groups is 1. The Labute approximate surface area is 189 Å². The quantitative estimate of drug-likeness (QED) is 0.431. The van der Waals surface area contributed by atoms with E-state index >= 15 is 0 Å². The molecule has 32 heavy (non-hydrogen) atoms. The highest BCUT2D eigenvalue weighted by molar-refractivity contribution is 7.80. The van der Waals surface area contributed by atoms with E-state index in [1.165, 1.54) is 11.1 Å². The zero-order chi connectivity index (χ0) is 22.2. The van der Waals surface area contributed by atoms with Gasteiger partial charge in [0.05, 0.1) is 0 Å². The summed E-state index contributed by atoms with van der Waals surface area (Å²) in [5, 5.41) is 5.85. The van der Waals surface area contributed by atoms with Gasteiger partial charge in [0.15, 0.2) is 22.2 Å². The topological polar surface area (TPSA) is 85.6 Å². The van der Waals surface area contributed by atoms with Crippen molar-refractivity contribution < 1.29 is 18.7 Å². The standard InChI is InChI=1S/C24H19N3O4S/c1-13-3-4-16(9-14(13)2)23-26-18-11-17(6-8-19(18)31-23)25-24(32)27-22(28)15-5-7-20-21(10-15)30-12-29-20/h3-11H,12H2,1-2H3,(H2,25,27,28,32). The number of rotatable bonds is 3. The smallest absolute Gasteiger partial charge is 0.257 e. The van der Waals surface area contributed by atoms with Crippen LogP contribution in [0, 0.1) is 13.8 Å². The van der Waals surface area contributed by atoms with Gasteiger partial charge in [-0.1, -0.05) is 6.07 Å². The molecule has 0 unspecified atom stereocenters. The summed E-state index contributed by atoms with van der Waals surface area (Å²) in [6.07, 6.45) is 0. The molecule has 1 amide bonds. The highest BCUT2D eigenvalue weighted by Gasteiger charge is 2.17. The number of aryl methyl sites for hydroxylation is 2. The molecule has 1 aliphatic rings. The molecule has 2 heterocycles. The Kier molecular flexibility index (Phi) is 4.99. The first kappa shape index (κ1) is 20.0. The summed E-state index contributed by atoms with van der Waals surface area (Å²) >= 11 is 5.30. The zero-order valence-electron chi connectivity index (χ0n) is 17.4. The molecule has 7 nitrogen and oxygen atoms in total. The number of ether oxygens (including phenoxy) is 2. The highest BCUT2D eigenvalue weighted by atomic mass is 32.1. The minimum absolute atomic E-state index is 0.149. The number of anilines is 1. The number of hydrogen-bond acceptors (Lipinski definition) is 6. The fourth-order valence-corrected chi connectivity index (χ4v) is 3.59. The molecule has 1 aliphatic heterocycles. The first-order valence-electron chi connectivity index (χ1n) is 9.96. The molecule has 3 aromatic carbocycles. The van der Waals surface area contributed by atoms with Crippen LogP contribution in [0.5, 0.6) is 11.5 Å². The summed E-state index contributed by atoms with van der Waals surface area (Å²) in [7, 11) is 0. The minimum Gasteiger partial charge on any atom is -0.454 e. The van der Waals surface area contributed by atoms with Crippen LogP contribution in [0.1, 0.15) is 21.5 Å². The molecule has 2 N–H and O–H groups in total. The Morgan fingerprint density at radius 3 is 2.66 bits per heavy atom. The van der Waals surface area contributed by atoms with E-state index in [1.807, 2.05) is 30.3 Å². The second-order valence-corrected chi connectivity index (χ2v) is 7.89. The predicted octanol–water partition coefficient (Wildman–Crippen LogP) is 4.97. The molecule has 0 fully saturated rings. The molecule has 0 spiro atoms. The maximum atomic E-state index is 12.5. The Hall–Kier alpha value is -3.91. The molecular formula is C24H19N3O4S. The fraction of sp³-hybridized carbons (Fsp3) is 0.125. The van der Waals surface area contributed by atoms with Crippen molar-refractivity contribution >= 4 is 40.0 Å². The number of nitrogens with one attached hydrogen (secondary N) is 2. The SMILES string of the molecule is Cc1ccc(-c2nc3cc(NC(=S)NC(=O)c4ccc5c(c4)OCO5)ccc3o2)cc1C. The second-order valence-electron chi connectivity index (χ2n) is 7.48. The molecule has 1 aromatic heterocycles. The Morgan fingerprint density at radius 2 is 1.81 bits per heavy atom. The summed E-state index contributed by atoms with van der Waals surface area (Å²) < 4.78 is 16.5. The van der Waals surface area contributed by atoms with Crippen molar-refractivity contribution in [3.05, 3.63) is 71.3 Å². The minimum atomic E-state index is -0.347. The van der Waals surface area contributed by atoms with Crippen LogP contribution in [0.2, 0.25) is 0 Å². The molecule has 0 radical (unpaired) electrons. The zero-order valence-corrected chi connectivity index (χ0v) is 18.2. The summed E-state index contributed by atoms with van der Waals surface area (Å²) in [4.78, 5) is 17.1. The van der Waals surface area contributed by atoms with Crippen molar-refractivity contribution in [1.82, 2.24) is 10.3 Å². The van der Waals surface area contributed by atoms with Crippen LogP contribution >= 0.6 is 12.2 Å². The lowest BCUT2D eigenvalue weighted by Gasteiger charge is -2.09. The van der Waals surface area contributed by atoms with E-state index in [2.05, 4.69) is 35.5 Å². The summed E-state index contributed by atoms with van der Waals surface area (Å²) in [5.41, 5.74) is 5.78. The number of oxazole rings is 1. The van der Waals surface area contributed by atoms with Crippen molar-refractivity contribution in [2.24, 2.45) is 0 Å². The van der Waals surface area contributed by atoms with Gasteiger partial charge in [-0.25, -0.2) is 4.98 Å². The Morgan fingerprint density at radius 1 is 0.969 bits per heavy atom. The van der Waals surface area contributed by atoms with Gasteiger partial charge in [0, 0.05) is 16.8 Å². The molecule has 0 aliphatic carbocycles. The monoisotopic (exact) mass is 445 g/mol. The van der Waals surface area contributed by atoms with E-state index in [0.29, 0.717) is 39.7 Å². The van der Waals surface area contributed by atoms with Crippen molar-refractivity contribution in [3.8, 4) is 23.0 Å². The van der Waals surface area contributed by atoms with Gasteiger partial charge in [0.2, 0.25) is 12.7 Å². The van der Waals surface area contributed by atoms with E-state index in [9.17, 15) is 4.79 Å². The largest absolute Gasteiger partial charge is 0.454 e. The van der Waals surface area contributed by atoms with Crippen LogP contribution in [-0.4, -0.2) is 22.8 Å². The normalized spacial score (nSPS) is 12.1. The molecule has 4 aromatic rings. The Bertz CT molecular complexity index is 1380. The van der Waals surface area contributed by atoms with Gasteiger partial charge in [-0.2, -0.15) is 0 Å². The lowest BCUT2D eigenvalue weighted by atomic mass is 10.1. The number of benzene rings is 3. The molecule has 0 saturated heterocycles. The first-order valence-corrected chi connectivity index (χ1v) is 10.4. The predicted molar refractivity (Wildman–Crippen MR) is 125 cm³/mol. The van der Waals surface area contributed by atoms with Crippen LogP contribution in [-0.2, 0) is 0 Å². The van der Waals surface area contributed by atoms with Crippen LogP contribution < -0.4 is 20.1 Å². The average molecular weight is 446 g/mol. The number of nitrogens with zero attached hydrogens (tertiary/aromatic N) is 1. The summed E-state index contributed by atoms with van der Waals surface area (Å²) in [6, 6.07) is 16.5. The molecule has 0 atom stereocenters. The van der Waals surface area contributed by atoms with Crippen molar-refractivity contribution in [2.45, 2.75) is 13.8 Å². The van der Waals surface area contributed by atoms with Crippen LogP contribution in [0.15, 0.2) is 59.0 Å². The van der Waals surface area contributed by atoms with Gasteiger partial charge >= 0.3 is 0 Å². The van der Waals surface area contributed by atoms with Crippen LogP contribution in [0.4, 0.5) is 5.69 Å². The number of amides is 1. The molecule has 8 heteroatoms. The van der Waals surface area contributed by atoms with E-state index in [1.54, 1.807) is 18.2 Å². The van der Waals surface area contributed by atoms with Gasteiger partial charge in [-0.15, -0.1) is 0 Å². The maximum Gasteiger partial charge on any atom is 0.257 e. The highest BCUT2D eigenvalue weighted by Crippen LogP contribution is 2.32. The molecule has 0 saturated carbocycles. The number of carbonyl (C=O) groups excluding carboxylic acids is 1. The van der Waals surface area contributed by atoms with E-state index in [0.717, 1.165) is 5.56 Å². The van der Waals surface area contributed by atoms with Gasteiger partial charge < -0.3 is 19.2 Å². The third-order valence-electron chi connectivity index (χ3n) is 5.26. The van der Waals surface area contributed by atoms with Gasteiger partial charge in [-0.05, 0) is 85.7 Å². The average Bonchev–Trinajstić information content (AvgIpc) is 3.41.